The SMILES string of the molecule is CC1(C)CC(C)(C)c2cc(N3c4cc5c(cc4B4c6cc7c(cc6N(c6ccc(C(C)(C)c8ccccc8)cc6-c6ccccc6)c6cc(N(c8ccccc8)c8ccccc8)cc3c64)C(C)(C)CC7(C)C)C(C)(C)CC5(C)C)ccc21. The van der Waals surface area contributed by atoms with Gasteiger partial charge in [-0.3, -0.25) is 0 Å². The van der Waals surface area contributed by atoms with Crippen LogP contribution in [0.4, 0.5) is 51.2 Å². The highest BCUT2D eigenvalue weighted by Gasteiger charge is 2.52. The lowest BCUT2D eigenvalue weighted by atomic mass is 9.33. The third-order valence-electron chi connectivity index (χ3n) is 20.4. The van der Waals surface area contributed by atoms with E-state index in [4.69, 9.17) is 0 Å². The van der Waals surface area contributed by atoms with E-state index in [1.165, 1.54) is 106 Å². The summed E-state index contributed by atoms with van der Waals surface area (Å²) in [6.45, 7) is 34.4. The minimum absolute atomic E-state index is 0.00438. The van der Waals surface area contributed by atoms with Crippen molar-refractivity contribution in [2.24, 2.45) is 0 Å². The van der Waals surface area contributed by atoms with E-state index in [1.54, 1.807) is 0 Å². The van der Waals surface area contributed by atoms with Gasteiger partial charge in [0.2, 0.25) is 0 Å². The molecule has 410 valence electrons. The van der Waals surface area contributed by atoms with Crippen LogP contribution < -0.4 is 31.1 Å². The standard InChI is InChI=1S/C78H80BN3/c1-72(2)47-73(3,4)59-40-55(36-37-58(59)72)81-67-45-62-60(74(5,6)48-76(62,9)10)43-64(67)79-65-44-61-63(77(11,12)49-75(61,7)8)46-68(65)82(66-38-35-52(39-57(66)50-27-19-15-20-28-50)78(13,14)51-29-21-16-22-30-51)70-42-56(41-69(81)71(70)79)80(53-31-23-17-24-32-53)54-33-25-18-26-34-54/h15-46H,47-49H2,1-14H3. The van der Waals surface area contributed by atoms with Crippen LogP contribution >= 0.6 is 0 Å². The van der Waals surface area contributed by atoms with Crippen molar-refractivity contribution in [3.63, 3.8) is 0 Å². The van der Waals surface area contributed by atoms with E-state index in [-0.39, 0.29) is 44.6 Å². The fourth-order valence-electron chi connectivity index (χ4n) is 17.3. The first kappa shape index (κ1) is 52.5. The molecule has 4 heteroatoms. The Hall–Kier alpha value is -7.56. The highest BCUT2D eigenvalue weighted by molar-refractivity contribution is 7.00. The second kappa shape index (κ2) is 17.7. The molecule has 0 saturated heterocycles. The van der Waals surface area contributed by atoms with E-state index in [1.807, 2.05) is 0 Å². The largest absolute Gasteiger partial charge is 0.311 e. The Labute approximate surface area is 490 Å². The smallest absolute Gasteiger partial charge is 0.252 e. The minimum atomic E-state index is -0.262. The van der Waals surface area contributed by atoms with E-state index in [0.717, 1.165) is 36.3 Å². The third kappa shape index (κ3) is 7.89. The zero-order valence-corrected chi connectivity index (χ0v) is 51.0. The number of benzene rings is 9. The van der Waals surface area contributed by atoms with Crippen LogP contribution in [0.2, 0.25) is 0 Å². The van der Waals surface area contributed by atoms with Crippen molar-refractivity contribution in [3.05, 3.63) is 239 Å². The van der Waals surface area contributed by atoms with Crippen molar-refractivity contribution in [3.8, 4) is 11.1 Å². The third-order valence-corrected chi connectivity index (χ3v) is 20.4. The molecule has 0 amide bonds. The summed E-state index contributed by atoms with van der Waals surface area (Å²) < 4.78 is 0. The van der Waals surface area contributed by atoms with Gasteiger partial charge in [0.15, 0.2) is 0 Å². The molecule has 9 aromatic rings. The first-order valence-electron chi connectivity index (χ1n) is 30.3. The van der Waals surface area contributed by atoms with E-state index in [0.29, 0.717) is 0 Å². The summed E-state index contributed by atoms with van der Waals surface area (Å²) in [5.74, 6) is 0. The highest BCUT2D eigenvalue weighted by atomic mass is 15.2. The number of hydrogen-bond acceptors (Lipinski definition) is 3. The Kier molecular flexibility index (Phi) is 11.4. The predicted octanol–water partition coefficient (Wildman–Crippen LogP) is 19.1. The molecule has 0 bridgehead atoms. The molecule has 0 fully saturated rings. The van der Waals surface area contributed by atoms with E-state index in [9.17, 15) is 0 Å². The fraction of sp³-hybridized carbons (Fsp3) is 0.308. The molecular weight excluding hydrogens is 990 g/mol. The van der Waals surface area contributed by atoms with Gasteiger partial charge in [-0.05, 0) is 191 Å². The number of rotatable bonds is 8. The molecule has 3 nitrogen and oxygen atoms in total. The number of anilines is 9. The summed E-state index contributed by atoms with van der Waals surface area (Å²) in [6.07, 6.45) is 3.28. The van der Waals surface area contributed by atoms with Gasteiger partial charge in [0.1, 0.15) is 0 Å². The zero-order valence-electron chi connectivity index (χ0n) is 51.0. The van der Waals surface area contributed by atoms with E-state index >= 15 is 0 Å². The zero-order chi connectivity index (χ0) is 57.3. The Morgan fingerprint density at radius 3 is 1.29 bits per heavy atom. The molecule has 0 radical (unpaired) electrons. The van der Waals surface area contributed by atoms with Crippen molar-refractivity contribution in [2.45, 2.75) is 154 Å². The van der Waals surface area contributed by atoms with Crippen LogP contribution in [-0.4, -0.2) is 6.71 Å². The molecule has 0 N–H and O–H groups in total. The maximum absolute atomic E-state index is 2.73. The van der Waals surface area contributed by atoms with Gasteiger partial charge in [0.25, 0.3) is 6.71 Å². The highest BCUT2D eigenvalue weighted by Crippen LogP contribution is 2.58. The van der Waals surface area contributed by atoms with Gasteiger partial charge < -0.3 is 14.7 Å². The number of nitrogens with zero attached hydrogens (tertiary/aromatic N) is 3. The van der Waals surface area contributed by atoms with Gasteiger partial charge in [0, 0.05) is 50.8 Å². The first-order valence-corrected chi connectivity index (χ1v) is 30.3. The van der Waals surface area contributed by atoms with E-state index < -0.39 is 0 Å². The van der Waals surface area contributed by atoms with Crippen molar-refractivity contribution < 1.29 is 0 Å². The normalized spacial score (nSPS) is 18.5. The average molecular weight is 1070 g/mol. The van der Waals surface area contributed by atoms with Crippen LogP contribution in [0, 0.1) is 0 Å². The maximum atomic E-state index is 2.73. The van der Waals surface area contributed by atoms with Gasteiger partial charge in [-0.25, -0.2) is 0 Å². The Morgan fingerprint density at radius 1 is 0.354 bits per heavy atom. The van der Waals surface area contributed by atoms with Crippen LogP contribution in [0.5, 0.6) is 0 Å². The molecule has 3 aliphatic carbocycles. The van der Waals surface area contributed by atoms with Crippen LogP contribution in [-0.2, 0) is 37.9 Å². The number of fused-ring (bicyclic) bond motifs is 7. The average Bonchev–Trinajstić information content (AvgIpc) is 1.26. The Morgan fingerprint density at radius 2 is 0.780 bits per heavy atom. The molecule has 5 aliphatic rings. The molecule has 82 heavy (non-hydrogen) atoms. The summed E-state index contributed by atoms with van der Waals surface area (Å²) in [7, 11) is 0. The molecule has 14 rings (SSSR count). The van der Waals surface area contributed by atoms with Gasteiger partial charge >= 0.3 is 0 Å². The summed E-state index contributed by atoms with van der Waals surface area (Å²) in [5.41, 5.74) is 28.4. The van der Waals surface area contributed by atoms with Crippen LogP contribution in [0.3, 0.4) is 0 Å². The molecule has 0 atom stereocenters. The summed E-state index contributed by atoms with van der Waals surface area (Å²) in [4.78, 5) is 7.94. The minimum Gasteiger partial charge on any atom is -0.311 e. The molecule has 0 saturated carbocycles. The summed E-state index contributed by atoms with van der Waals surface area (Å²) in [5, 5.41) is 0. The first-order chi connectivity index (χ1) is 38.9. The van der Waals surface area contributed by atoms with E-state index in [2.05, 4.69) is 306 Å². The van der Waals surface area contributed by atoms with Crippen LogP contribution in [0.15, 0.2) is 194 Å². The van der Waals surface area contributed by atoms with Crippen molar-refractivity contribution in [1.29, 1.82) is 0 Å². The van der Waals surface area contributed by atoms with Crippen LogP contribution in [0.1, 0.15) is 161 Å². The van der Waals surface area contributed by atoms with Gasteiger partial charge in [-0.1, -0.05) is 218 Å². The topological polar surface area (TPSA) is 9.72 Å². The molecule has 9 aromatic carbocycles. The van der Waals surface area contributed by atoms with Gasteiger partial charge in [-0.15, -0.1) is 0 Å². The van der Waals surface area contributed by atoms with Crippen LogP contribution in [0.25, 0.3) is 11.1 Å². The lowest BCUT2D eigenvalue weighted by molar-refractivity contribution is 0.403. The van der Waals surface area contributed by atoms with Crippen molar-refractivity contribution >= 4 is 74.3 Å². The molecule has 0 unspecified atom stereocenters. The lowest BCUT2D eigenvalue weighted by Gasteiger charge is -2.46. The molecule has 2 heterocycles. The van der Waals surface area contributed by atoms with Crippen molar-refractivity contribution in [2.75, 3.05) is 14.7 Å². The number of para-hydroxylation sites is 2. The van der Waals surface area contributed by atoms with Gasteiger partial charge in [0.05, 0.1) is 11.4 Å². The summed E-state index contributed by atoms with van der Waals surface area (Å²) in [6, 6.07) is 75.2. The monoisotopic (exact) mass is 1070 g/mol. The quantitative estimate of drug-likeness (QED) is 0.140. The fourth-order valence-corrected chi connectivity index (χ4v) is 17.3. The Balaban J connectivity index is 1.16. The maximum Gasteiger partial charge on any atom is 0.252 e. The predicted molar refractivity (Wildman–Crippen MR) is 351 cm³/mol. The van der Waals surface area contributed by atoms with Crippen molar-refractivity contribution in [1.82, 2.24) is 0 Å². The molecule has 0 spiro atoms. The second-order valence-corrected chi connectivity index (χ2v) is 29.6. The summed E-state index contributed by atoms with van der Waals surface area (Å²) >= 11 is 0. The Bertz CT molecular complexity index is 4010. The molecule has 2 aliphatic heterocycles. The number of hydrogen-bond donors (Lipinski definition) is 0. The van der Waals surface area contributed by atoms with Gasteiger partial charge in [-0.2, -0.15) is 0 Å². The molecule has 0 aromatic heterocycles. The lowest BCUT2D eigenvalue weighted by Crippen LogP contribution is -2.62. The second-order valence-electron chi connectivity index (χ2n) is 29.6. The molecular formula is C78H80BN3.